The Labute approximate surface area is 84.0 Å². The van der Waals surface area contributed by atoms with Gasteiger partial charge in [0.15, 0.2) is 0 Å². The molecule has 1 fully saturated rings. The molecule has 0 aromatic heterocycles. The molecule has 0 amide bonds. The fourth-order valence-corrected chi connectivity index (χ4v) is 1.51. The van der Waals surface area contributed by atoms with E-state index in [2.05, 4.69) is 0 Å². The van der Waals surface area contributed by atoms with Crippen molar-refractivity contribution in [2.75, 3.05) is 0 Å². The van der Waals surface area contributed by atoms with Crippen LogP contribution in [0.2, 0.25) is 0 Å². The molecule has 1 saturated heterocycles. The van der Waals surface area contributed by atoms with E-state index in [0.717, 1.165) is 5.56 Å². The Kier molecular flexibility index (Phi) is 1.93. The monoisotopic (exact) mass is 193 g/mol. The topological polar surface area (TPSA) is 35.6 Å². The number of quaternary nitrogens is 1. The van der Waals surface area contributed by atoms with Crippen molar-refractivity contribution in [1.29, 1.82) is 0 Å². The molecule has 0 N–H and O–H groups in total. The number of rotatable bonds is 1. The molecule has 0 saturated carbocycles. The predicted octanol–water partition coefficient (Wildman–Crippen LogP) is 2.74. The predicted molar refractivity (Wildman–Crippen MR) is 53.6 cm³/mol. The summed E-state index contributed by atoms with van der Waals surface area (Å²) in [6.45, 7) is 5.68. The maximum Gasteiger partial charge on any atom is 0.300 e. The van der Waals surface area contributed by atoms with Gasteiger partial charge < -0.3 is 5.21 Å². The van der Waals surface area contributed by atoms with Gasteiger partial charge in [-0.15, -0.1) is 4.84 Å². The molecular formula is C11H15NO2. The van der Waals surface area contributed by atoms with Gasteiger partial charge in [0.25, 0.3) is 0 Å². The summed E-state index contributed by atoms with van der Waals surface area (Å²) in [5, 5.41) is 12.1. The van der Waals surface area contributed by atoms with Crippen LogP contribution in [0.4, 0.5) is 0 Å². The first-order valence-corrected chi connectivity index (χ1v) is 4.78. The molecular weight excluding hydrogens is 178 g/mol. The maximum absolute atomic E-state index is 12.1. The summed E-state index contributed by atoms with van der Waals surface area (Å²) in [6.07, 6.45) is -0.337. The highest BCUT2D eigenvalue weighted by molar-refractivity contribution is 5.17. The zero-order chi connectivity index (χ0) is 10.4. The summed E-state index contributed by atoms with van der Waals surface area (Å²) in [5.74, 6) is 0. The molecule has 2 atom stereocenters. The van der Waals surface area contributed by atoms with Crippen molar-refractivity contribution in [3.63, 3.8) is 0 Å². The molecule has 0 aliphatic carbocycles. The third kappa shape index (κ3) is 1.34. The Hall–Kier alpha value is -0.900. The smallest absolute Gasteiger partial charge is 0.300 e. The second-order valence-electron chi connectivity index (χ2n) is 4.64. The molecule has 1 heterocycles. The number of benzene rings is 1. The highest BCUT2D eigenvalue weighted by Gasteiger charge is 2.60. The first-order chi connectivity index (χ1) is 6.45. The van der Waals surface area contributed by atoms with Crippen LogP contribution in [-0.4, -0.2) is 10.3 Å². The van der Waals surface area contributed by atoms with E-state index in [1.54, 1.807) is 0 Å². The van der Waals surface area contributed by atoms with Gasteiger partial charge in [0.1, 0.15) is 5.54 Å². The lowest BCUT2D eigenvalue weighted by atomic mass is 10.1. The van der Waals surface area contributed by atoms with Gasteiger partial charge >= 0.3 is 6.23 Å². The van der Waals surface area contributed by atoms with Crippen LogP contribution < -0.4 is 0 Å². The van der Waals surface area contributed by atoms with Crippen molar-refractivity contribution >= 4 is 0 Å². The molecule has 76 valence electrons. The van der Waals surface area contributed by atoms with Crippen LogP contribution in [0.5, 0.6) is 0 Å². The quantitative estimate of drug-likeness (QED) is 0.390. The van der Waals surface area contributed by atoms with E-state index >= 15 is 0 Å². The summed E-state index contributed by atoms with van der Waals surface area (Å²) in [4.78, 5) is 4.66. The zero-order valence-corrected chi connectivity index (χ0v) is 8.73. The van der Waals surface area contributed by atoms with Crippen molar-refractivity contribution < 1.29 is 9.65 Å². The molecule has 3 heteroatoms. The van der Waals surface area contributed by atoms with Crippen LogP contribution in [0.15, 0.2) is 30.3 Å². The average molecular weight is 193 g/mol. The maximum atomic E-state index is 12.1. The van der Waals surface area contributed by atoms with Gasteiger partial charge in [-0.3, -0.25) is 0 Å². The summed E-state index contributed by atoms with van der Waals surface area (Å²) in [5.41, 5.74) is 0.540. The van der Waals surface area contributed by atoms with Crippen LogP contribution in [0.3, 0.4) is 0 Å². The van der Waals surface area contributed by atoms with Gasteiger partial charge in [-0.2, -0.15) is 4.81 Å². The van der Waals surface area contributed by atoms with Gasteiger partial charge in [-0.25, -0.2) is 0 Å². The number of hydrogen-bond acceptors (Lipinski definition) is 2. The van der Waals surface area contributed by atoms with Gasteiger partial charge in [0.05, 0.1) is 0 Å². The van der Waals surface area contributed by atoms with Crippen LogP contribution in [0, 0.1) is 5.21 Å². The summed E-state index contributed by atoms with van der Waals surface area (Å²) in [7, 11) is 0. The Balaban J connectivity index is 2.21. The third-order valence-corrected chi connectivity index (χ3v) is 2.54. The Morgan fingerprint density at radius 3 is 2.21 bits per heavy atom. The fraction of sp³-hybridized carbons (Fsp3) is 0.455. The Morgan fingerprint density at radius 1 is 1.21 bits per heavy atom. The van der Waals surface area contributed by atoms with E-state index in [1.807, 2.05) is 51.1 Å². The fourth-order valence-electron chi connectivity index (χ4n) is 1.51. The first kappa shape index (κ1) is 9.65. The largest absolute Gasteiger partial charge is 0.595 e. The highest BCUT2D eigenvalue weighted by atomic mass is 17.1. The zero-order valence-electron chi connectivity index (χ0n) is 8.73. The molecule has 1 aromatic rings. The molecule has 1 aliphatic heterocycles. The van der Waals surface area contributed by atoms with Crippen molar-refractivity contribution in [2.24, 2.45) is 0 Å². The van der Waals surface area contributed by atoms with E-state index in [0.29, 0.717) is 0 Å². The number of nitrogens with zero attached hydrogens (tertiary/aromatic N) is 1. The summed E-state index contributed by atoms with van der Waals surface area (Å²) < 4.78 is 0. The minimum Gasteiger partial charge on any atom is -0.595 e. The molecule has 3 nitrogen and oxygen atoms in total. The molecule has 0 spiro atoms. The van der Waals surface area contributed by atoms with Crippen molar-refractivity contribution in [1.82, 2.24) is 0 Å². The van der Waals surface area contributed by atoms with Crippen LogP contribution in [0.25, 0.3) is 0 Å². The van der Waals surface area contributed by atoms with Gasteiger partial charge in [0.2, 0.25) is 0 Å². The lowest BCUT2D eigenvalue weighted by Gasteiger charge is -2.30. The standard InChI is InChI=1S/C11H15NO2/c1-11(2,3)12(13)10(14-12)9-7-5-4-6-8-9/h4-8,10H,1-3H3. The van der Waals surface area contributed by atoms with Crippen LogP contribution in [0.1, 0.15) is 32.6 Å². The molecule has 1 aromatic carbocycles. The average Bonchev–Trinajstić information content (AvgIpc) is 2.80. The van der Waals surface area contributed by atoms with Crippen molar-refractivity contribution in [3.05, 3.63) is 41.1 Å². The number of hydroxylamine groups is 4. The van der Waals surface area contributed by atoms with E-state index in [1.165, 1.54) is 0 Å². The van der Waals surface area contributed by atoms with Crippen LogP contribution >= 0.6 is 0 Å². The van der Waals surface area contributed by atoms with Gasteiger partial charge in [0, 0.05) is 5.56 Å². The first-order valence-electron chi connectivity index (χ1n) is 4.78. The van der Waals surface area contributed by atoms with E-state index < -0.39 is 10.3 Å². The normalized spacial score (nSPS) is 31.6. The second kappa shape index (κ2) is 2.79. The molecule has 2 unspecified atom stereocenters. The van der Waals surface area contributed by atoms with Crippen LogP contribution in [-0.2, 0) is 4.84 Å². The molecule has 0 bridgehead atoms. The lowest BCUT2D eigenvalue weighted by Crippen LogP contribution is -2.39. The molecule has 2 rings (SSSR count). The SMILES string of the molecule is CC(C)(C)[N+]1([O-])OC1c1ccccc1. The molecule has 1 aliphatic rings. The summed E-state index contributed by atoms with van der Waals surface area (Å²) >= 11 is 0. The highest BCUT2D eigenvalue weighted by Crippen LogP contribution is 2.51. The number of hydrogen-bond donors (Lipinski definition) is 0. The Bertz CT molecular complexity index is 331. The van der Waals surface area contributed by atoms with Gasteiger partial charge in [-0.1, -0.05) is 30.3 Å². The second-order valence-corrected chi connectivity index (χ2v) is 4.64. The van der Waals surface area contributed by atoms with E-state index in [-0.39, 0.29) is 6.23 Å². The lowest BCUT2D eigenvalue weighted by molar-refractivity contribution is -0.921. The molecule has 14 heavy (non-hydrogen) atoms. The molecule has 0 radical (unpaired) electrons. The van der Waals surface area contributed by atoms with E-state index in [9.17, 15) is 5.21 Å². The summed E-state index contributed by atoms with van der Waals surface area (Å²) in [6, 6.07) is 9.62. The van der Waals surface area contributed by atoms with E-state index in [4.69, 9.17) is 4.84 Å². The third-order valence-electron chi connectivity index (χ3n) is 2.54. The Morgan fingerprint density at radius 2 is 1.79 bits per heavy atom. The minimum atomic E-state index is -0.572. The van der Waals surface area contributed by atoms with Crippen molar-refractivity contribution in [2.45, 2.75) is 32.5 Å². The minimum absolute atomic E-state index is 0.337. The van der Waals surface area contributed by atoms with Gasteiger partial charge in [-0.05, 0) is 20.8 Å². The van der Waals surface area contributed by atoms with Crippen molar-refractivity contribution in [3.8, 4) is 0 Å².